The van der Waals surface area contributed by atoms with Gasteiger partial charge in [0.25, 0.3) is 0 Å². The number of ether oxygens (including phenoxy) is 4. The smallest absolute Gasteiger partial charge is 0.187 e. The highest BCUT2D eigenvalue weighted by molar-refractivity contribution is 4.94. The van der Waals surface area contributed by atoms with E-state index in [1.54, 1.807) is 0 Å². The molecule has 0 radical (unpaired) electrons. The Morgan fingerprint density at radius 1 is 0.513 bits per heavy atom. The molecule has 11 heteroatoms. The maximum Gasteiger partial charge on any atom is 0.187 e. The van der Waals surface area contributed by atoms with Crippen molar-refractivity contribution in [1.82, 2.24) is 0 Å². The fraction of sp³-hybridized carbons (Fsp3) is 1.00. The van der Waals surface area contributed by atoms with Gasteiger partial charge >= 0.3 is 0 Å². The van der Waals surface area contributed by atoms with Gasteiger partial charge in [-0.25, -0.2) is 0 Å². The molecule has 0 saturated carbocycles. The molecular weight excluding hydrogens is 512 g/mol. The normalized spacial score (nSPS) is 35.4. The third-order valence-corrected chi connectivity index (χ3v) is 7.74. The lowest BCUT2D eigenvalue weighted by atomic mass is 9.97. The van der Waals surface area contributed by atoms with E-state index in [9.17, 15) is 35.7 Å². The Balaban J connectivity index is 1.62. The summed E-state index contributed by atoms with van der Waals surface area (Å²) in [6.45, 7) is 1.34. The van der Waals surface area contributed by atoms with Crippen molar-refractivity contribution in [2.45, 2.75) is 158 Å². The van der Waals surface area contributed by atoms with Crippen molar-refractivity contribution in [3.05, 3.63) is 0 Å². The average molecular weight is 567 g/mol. The summed E-state index contributed by atoms with van der Waals surface area (Å²) in [6, 6.07) is 0. The van der Waals surface area contributed by atoms with Crippen molar-refractivity contribution in [2.24, 2.45) is 0 Å². The van der Waals surface area contributed by atoms with E-state index in [0.717, 1.165) is 19.3 Å². The second-order valence-electron chi connectivity index (χ2n) is 11.0. The minimum absolute atomic E-state index is 0.322. The number of aliphatic hydroxyl groups excluding tert-OH is 7. The monoisotopic (exact) mass is 566 g/mol. The van der Waals surface area contributed by atoms with Crippen LogP contribution in [0.3, 0.4) is 0 Å². The van der Waals surface area contributed by atoms with E-state index < -0.39 is 74.6 Å². The van der Waals surface area contributed by atoms with Crippen molar-refractivity contribution < 1.29 is 54.7 Å². The lowest BCUT2D eigenvalue weighted by Gasteiger charge is -2.45. The summed E-state index contributed by atoms with van der Waals surface area (Å²) in [5.41, 5.74) is 0. The molecule has 2 saturated heterocycles. The SMILES string of the molecule is CCCCCCCCCCCCCCCCO[C@@H]1O[C@H](CO)[C@@H](O[C@@H]2O[C@H](CO)[C@H](O)[C@H](O)[C@H]2O)[C@H](O)[C@H]1O. The van der Waals surface area contributed by atoms with Crippen molar-refractivity contribution in [3.63, 3.8) is 0 Å². The minimum atomic E-state index is -1.69. The first kappa shape index (κ1) is 34.8. The molecule has 0 bridgehead atoms. The molecule has 11 nitrogen and oxygen atoms in total. The van der Waals surface area contributed by atoms with Crippen LogP contribution in [0.2, 0.25) is 0 Å². The molecular formula is C28H54O11. The molecule has 2 heterocycles. The Morgan fingerprint density at radius 2 is 0.974 bits per heavy atom. The Bertz CT molecular complexity index is 608. The quantitative estimate of drug-likeness (QED) is 0.105. The lowest BCUT2D eigenvalue weighted by molar-refractivity contribution is -0.359. The van der Waals surface area contributed by atoms with Gasteiger partial charge in [-0.15, -0.1) is 0 Å². The molecule has 0 spiro atoms. The maximum atomic E-state index is 10.6. The topological polar surface area (TPSA) is 179 Å². The van der Waals surface area contributed by atoms with Gasteiger partial charge in [-0.3, -0.25) is 0 Å². The summed E-state index contributed by atoms with van der Waals surface area (Å²) in [5.74, 6) is 0. The Hall–Kier alpha value is -0.440. The minimum Gasteiger partial charge on any atom is -0.394 e. The van der Waals surface area contributed by atoms with Gasteiger partial charge < -0.3 is 54.7 Å². The molecule has 232 valence electrons. The van der Waals surface area contributed by atoms with E-state index in [2.05, 4.69) is 6.92 Å². The third-order valence-electron chi connectivity index (χ3n) is 7.74. The molecule has 2 rings (SSSR count). The lowest BCUT2D eigenvalue weighted by Crippen LogP contribution is -2.64. The molecule has 0 aromatic heterocycles. The summed E-state index contributed by atoms with van der Waals surface area (Å²) >= 11 is 0. The molecule has 0 unspecified atom stereocenters. The Labute approximate surface area is 233 Å². The summed E-state index contributed by atoms with van der Waals surface area (Å²) in [5, 5.41) is 70.4. The fourth-order valence-electron chi connectivity index (χ4n) is 5.19. The summed E-state index contributed by atoms with van der Waals surface area (Å²) in [6.07, 6.45) is 2.97. The zero-order valence-corrected chi connectivity index (χ0v) is 23.6. The highest BCUT2D eigenvalue weighted by Crippen LogP contribution is 2.29. The van der Waals surface area contributed by atoms with Crippen molar-refractivity contribution >= 4 is 0 Å². The predicted octanol–water partition coefficient (Wildman–Crippen LogP) is 1.11. The van der Waals surface area contributed by atoms with Crippen LogP contribution in [0.25, 0.3) is 0 Å². The first-order valence-electron chi connectivity index (χ1n) is 15.1. The molecule has 10 atom stereocenters. The van der Waals surface area contributed by atoms with Gasteiger partial charge in [0.2, 0.25) is 0 Å². The number of hydrogen-bond donors (Lipinski definition) is 7. The molecule has 0 amide bonds. The predicted molar refractivity (Wildman–Crippen MR) is 143 cm³/mol. The van der Waals surface area contributed by atoms with E-state index in [4.69, 9.17) is 18.9 Å². The van der Waals surface area contributed by atoms with Gasteiger partial charge in [-0.05, 0) is 6.42 Å². The summed E-state index contributed by atoms with van der Waals surface area (Å²) < 4.78 is 22.1. The molecule has 2 aliphatic heterocycles. The van der Waals surface area contributed by atoms with E-state index in [0.29, 0.717) is 6.61 Å². The van der Waals surface area contributed by atoms with Crippen LogP contribution in [0.1, 0.15) is 96.8 Å². The molecule has 39 heavy (non-hydrogen) atoms. The van der Waals surface area contributed by atoms with Gasteiger partial charge in [-0.1, -0.05) is 90.4 Å². The van der Waals surface area contributed by atoms with Crippen LogP contribution in [-0.4, -0.2) is 117 Å². The third kappa shape index (κ3) is 11.4. The zero-order valence-electron chi connectivity index (χ0n) is 23.6. The van der Waals surface area contributed by atoms with Gasteiger partial charge in [0, 0.05) is 6.61 Å². The van der Waals surface area contributed by atoms with Gasteiger partial charge in [-0.2, -0.15) is 0 Å². The Morgan fingerprint density at radius 3 is 1.49 bits per heavy atom. The van der Waals surface area contributed by atoms with Gasteiger partial charge in [0.15, 0.2) is 12.6 Å². The van der Waals surface area contributed by atoms with E-state index in [-0.39, 0.29) is 0 Å². The first-order chi connectivity index (χ1) is 18.8. The second-order valence-corrected chi connectivity index (χ2v) is 11.0. The Kier molecular flexibility index (Phi) is 17.5. The molecule has 2 aliphatic rings. The summed E-state index contributed by atoms with van der Waals surface area (Å²) in [4.78, 5) is 0. The highest BCUT2D eigenvalue weighted by atomic mass is 16.7. The average Bonchev–Trinajstić information content (AvgIpc) is 2.94. The molecule has 0 aromatic carbocycles. The van der Waals surface area contributed by atoms with Crippen LogP contribution >= 0.6 is 0 Å². The van der Waals surface area contributed by atoms with Crippen LogP contribution < -0.4 is 0 Å². The zero-order chi connectivity index (χ0) is 28.6. The van der Waals surface area contributed by atoms with Crippen LogP contribution in [0.15, 0.2) is 0 Å². The molecule has 0 aliphatic carbocycles. The highest BCUT2D eigenvalue weighted by Gasteiger charge is 2.50. The van der Waals surface area contributed by atoms with Crippen molar-refractivity contribution in [2.75, 3.05) is 19.8 Å². The molecule has 0 aromatic rings. The van der Waals surface area contributed by atoms with Crippen LogP contribution in [0.4, 0.5) is 0 Å². The van der Waals surface area contributed by atoms with Crippen LogP contribution in [-0.2, 0) is 18.9 Å². The maximum absolute atomic E-state index is 10.6. The van der Waals surface area contributed by atoms with E-state index in [1.807, 2.05) is 0 Å². The molecule has 7 N–H and O–H groups in total. The van der Waals surface area contributed by atoms with E-state index in [1.165, 1.54) is 70.6 Å². The van der Waals surface area contributed by atoms with Crippen LogP contribution in [0, 0.1) is 0 Å². The second kappa shape index (κ2) is 19.6. The first-order valence-corrected chi connectivity index (χ1v) is 15.1. The summed E-state index contributed by atoms with van der Waals surface area (Å²) in [7, 11) is 0. The largest absolute Gasteiger partial charge is 0.394 e. The van der Waals surface area contributed by atoms with Crippen molar-refractivity contribution in [3.8, 4) is 0 Å². The van der Waals surface area contributed by atoms with Gasteiger partial charge in [0.05, 0.1) is 13.2 Å². The fourth-order valence-corrected chi connectivity index (χ4v) is 5.19. The molecule has 2 fully saturated rings. The van der Waals surface area contributed by atoms with Crippen molar-refractivity contribution in [1.29, 1.82) is 0 Å². The standard InChI is InChI=1S/C28H54O11/c1-2-3-4-5-6-7-8-9-10-11-12-13-14-15-16-36-27-25(35)23(33)26(20(18-30)38-27)39-28-24(34)22(32)21(31)19(17-29)37-28/h19-35H,2-18H2,1H3/t19-,20-,21+,22+,23-,24-,25-,26-,27-,28+/m1/s1. The van der Waals surface area contributed by atoms with Gasteiger partial charge in [0.1, 0.15) is 48.8 Å². The van der Waals surface area contributed by atoms with E-state index >= 15 is 0 Å². The number of rotatable bonds is 20. The van der Waals surface area contributed by atoms with Crippen LogP contribution in [0.5, 0.6) is 0 Å². The number of hydrogen-bond acceptors (Lipinski definition) is 11. The number of aliphatic hydroxyl groups is 7. The number of unbranched alkanes of at least 4 members (excludes halogenated alkanes) is 13.